The maximum absolute atomic E-state index is 9.13. The van der Waals surface area contributed by atoms with Gasteiger partial charge in [0.05, 0.1) is 12.1 Å². The molecule has 0 radical (unpaired) electrons. The SMILES string of the molecule is CNC(C#N)CCN(C1CCCCC1)C1CCCCC1. The second kappa shape index (κ2) is 8.64. The molecule has 1 atom stereocenters. The van der Waals surface area contributed by atoms with Gasteiger partial charge in [-0.15, -0.1) is 0 Å². The first-order valence-electron chi connectivity index (χ1n) is 8.67. The van der Waals surface area contributed by atoms with Gasteiger partial charge >= 0.3 is 0 Å². The van der Waals surface area contributed by atoms with Gasteiger partial charge in [-0.25, -0.2) is 0 Å². The predicted molar refractivity (Wildman–Crippen MR) is 83.5 cm³/mol. The van der Waals surface area contributed by atoms with Crippen LogP contribution in [0.25, 0.3) is 0 Å². The first-order chi connectivity index (χ1) is 9.85. The number of rotatable bonds is 6. The lowest BCUT2D eigenvalue weighted by Gasteiger charge is -2.42. The van der Waals surface area contributed by atoms with Crippen LogP contribution in [-0.2, 0) is 0 Å². The Morgan fingerprint density at radius 2 is 1.50 bits per heavy atom. The minimum atomic E-state index is 0.0182. The van der Waals surface area contributed by atoms with Gasteiger partial charge < -0.3 is 5.32 Å². The molecular formula is C17H31N3. The third-order valence-corrected chi connectivity index (χ3v) is 5.27. The van der Waals surface area contributed by atoms with Crippen LogP contribution < -0.4 is 5.32 Å². The van der Waals surface area contributed by atoms with Crippen LogP contribution in [0.2, 0.25) is 0 Å². The van der Waals surface area contributed by atoms with Crippen LogP contribution in [0.1, 0.15) is 70.6 Å². The zero-order valence-corrected chi connectivity index (χ0v) is 13.1. The van der Waals surface area contributed by atoms with Crippen LogP contribution >= 0.6 is 0 Å². The van der Waals surface area contributed by atoms with Crippen LogP contribution in [-0.4, -0.2) is 36.6 Å². The minimum Gasteiger partial charge on any atom is -0.305 e. The highest BCUT2D eigenvalue weighted by Gasteiger charge is 2.28. The van der Waals surface area contributed by atoms with Crippen LogP contribution in [0.4, 0.5) is 0 Å². The molecule has 20 heavy (non-hydrogen) atoms. The molecule has 3 nitrogen and oxygen atoms in total. The molecule has 2 aliphatic carbocycles. The Bertz CT molecular complexity index is 280. The molecule has 0 amide bonds. The molecule has 2 aliphatic rings. The van der Waals surface area contributed by atoms with Crippen molar-refractivity contribution in [1.82, 2.24) is 10.2 Å². The molecule has 0 heterocycles. The predicted octanol–water partition coefficient (Wildman–Crippen LogP) is 3.46. The van der Waals surface area contributed by atoms with E-state index >= 15 is 0 Å². The molecule has 0 aliphatic heterocycles. The molecule has 0 aromatic carbocycles. The van der Waals surface area contributed by atoms with Crippen molar-refractivity contribution < 1.29 is 0 Å². The third kappa shape index (κ3) is 4.46. The second-order valence-corrected chi connectivity index (χ2v) is 6.58. The van der Waals surface area contributed by atoms with Gasteiger partial charge in [0.2, 0.25) is 0 Å². The van der Waals surface area contributed by atoms with Gasteiger partial charge in [-0.2, -0.15) is 5.26 Å². The number of hydrogen-bond acceptors (Lipinski definition) is 3. The standard InChI is InChI=1S/C17H31N3/c1-19-15(14-18)12-13-20(16-8-4-2-5-9-16)17-10-6-3-7-11-17/h15-17,19H,2-13H2,1H3. The lowest BCUT2D eigenvalue weighted by molar-refractivity contribution is 0.0782. The topological polar surface area (TPSA) is 39.1 Å². The highest BCUT2D eigenvalue weighted by molar-refractivity contribution is 4.91. The maximum Gasteiger partial charge on any atom is 0.0962 e. The van der Waals surface area contributed by atoms with Crippen LogP contribution in [0.5, 0.6) is 0 Å². The number of nitrogens with zero attached hydrogens (tertiary/aromatic N) is 2. The van der Waals surface area contributed by atoms with E-state index in [1.54, 1.807) is 0 Å². The maximum atomic E-state index is 9.13. The average Bonchev–Trinajstić information content (AvgIpc) is 2.53. The first-order valence-corrected chi connectivity index (χ1v) is 8.67. The summed E-state index contributed by atoms with van der Waals surface area (Å²) < 4.78 is 0. The highest BCUT2D eigenvalue weighted by atomic mass is 15.2. The van der Waals surface area contributed by atoms with E-state index < -0.39 is 0 Å². The van der Waals surface area contributed by atoms with Gasteiger partial charge in [-0.1, -0.05) is 38.5 Å². The number of nitrogens with one attached hydrogen (secondary N) is 1. The quantitative estimate of drug-likeness (QED) is 0.808. The third-order valence-electron chi connectivity index (χ3n) is 5.27. The van der Waals surface area contributed by atoms with Gasteiger partial charge in [0, 0.05) is 18.6 Å². The van der Waals surface area contributed by atoms with Crippen molar-refractivity contribution in [1.29, 1.82) is 5.26 Å². The van der Waals surface area contributed by atoms with E-state index in [0.29, 0.717) is 0 Å². The molecule has 1 unspecified atom stereocenters. The number of hydrogen-bond donors (Lipinski definition) is 1. The van der Waals surface area contributed by atoms with Crippen LogP contribution in [0, 0.1) is 11.3 Å². The Kier molecular flexibility index (Phi) is 6.82. The van der Waals surface area contributed by atoms with E-state index in [2.05, 4.69) is 16.3 Å². The largest absolute Gasteiger partial charge is 0.305 e. The van der Waals surface area contributed by atoms with Gasteiger partial charge in [0.15, 0.2) is 0 Å². The van der Waals surface area contributed by atoms with Crippen molar-refractivity contribution in [2.75, 3.05) is 13.6 Å². The Morgan fingerprint density at radius 3 is 1.90 bits per heavy atom. The summed E-state index contributed by atoms with van der Waals surface area (Å²) in [4.78, 5) is 2.79. The Labute approximate surface area is 124 Å². The van der Waals surface area contributed by atoms with Gasteiger partial charge in [-0.05, 0) is 39.2 Å². The van der Waals surface area contributed by atoms with E-state index in [1.165, 1.54) is 64.2 Å². The molecule has 1 N–H and O–H groups in total. The first kappa shape index (κ1) is 15.8. The summed E-state index contributed by atoms with van der Waals surface area (Å²) in [6, 6.07) is 3.98. The summed E-state index contributed by atoms with van der Waals surface area (Å²) in [5.41, 5.74) is 0. The van der Waals surface area contributed by atoms with E-state index in [9.17, 15) is 0 Å². The fourth-order valence-corrected chi connectivity index (χ4v) is 4.04. The normalized spacial score (nSPS) is 23.6. The molecular weight excluding hydrogens is 246 g/mol. The average molecular weight is 277 g/mol. The van der Waals surface area contributed by atoms with E-state index in [0.717, 1.165) is 25.0 Å². The number of nitriles is 1. The summed E-state index contributed by atoms with van der Waals surface area (Å²) in [5, 5.41) is 12.3. The molecule has 0 bridgehead atoms. The Morgan fingerprint density at radius 1 is 1.00 bits per heavy atom. The summed E-state index contributed by atoms with van der Waals surface area (Å²) in [6.45, 7) is 1.11. The van der Waals surface area contributed by atoms with Crippen molar-refractivity contribution in [3.8, 4) is 6.07 Å². The van der Waals surface area contributed by atoms with Crippen molar-refractivity contribution in [2.45, 2.75) is 88.8 Å². The molecule has 2 rings (SSSR count). The second-order valence-electron chi connectivity index (χ2n) is 6.58. The van der Waals surface area contributed by atoms with Gasteiger partial charge in [0.1, 0.15) is 0 Å². The molecule has 3 heteroatoms. The van der Waals surface area contributed by atoms with E-state index in [4.69, 9.17) is 5.26 Å². The molecule has 0 aromatic heterocycles. The Balaban J connectivity index is 1.93. The fraction of sp³-hybridized carbons (Fsp3) is 0.941. The molecule has 2 fully saturated rings. The lowest BCUT2D eigenvalue weighted by atomic mass is 9.88. The minimum absolute atomic E-state index is 0.0182. The van der Waals surface area contributed by atoms with E-state index in [1.807, 2.05) is 7.05 Å². The van der Waals surface area contributed by atoms with Crippen LogP contribution in [0.15, 0.2) is 0 Å². The smallest absolute Gasteiger partial charge is 0.0962 e. The van der Waals surface area contributed by atoms with Crippen molar-refractivity contribution in [3.63, 3.8) is 0 Å². The highest BCUT2D eigenvalue weighted by Crippen LogP contribution is 2.30. The lowest BCUT2D eigenvalue weighted by Crippen LogP contribution is -2.46. The summed E-state index contributed by atoms with van der Waals surface area (Å²) in [7, 11) is 1.90. The molecule has 114 valence electrons. The van der Waals surface area contributed by atoms with Crippen molar-refractivity contribution in [2.24, 2.45) is 0 Å². The zero-order chi connectivity index (χ0) is 14.2. The molecule has 2 saturated carbocycles. The van der Waals surface area contributed by atoms with Crippen molar-refractivity contribution >= 4 is 0 Å². The monoisotopic (exact) mass is 277 g/mol. The zero-order valence-electron chi connectivity index (χ0n) is 13.1. The van der Waals surface area contributed by atoms with Crippen molar-refractivity contribution in [3.05, 3.63) is 0 Å². The summed E-state index contributed by atoms with van der Waals surface area (Å²) >= 11 is 0. The van der Waals surface area contributed by atoms with Gasteiger partial charge in [0.25, 0.3) is 0 Å². The molecule has 0 saturated heterocycles. The van der Waals surface area contributed by atoms with E-state index in [-0.39, 0.29) is 6.04 Å². The molecule has 0 spiro atoms. The summed E-state index contributed by atoms with van der Waals surface area (Å²) in [5.74, 6) is 0. The molecule has 0 aromatic rings. The fourth-order valence-electron chi connectivity index (χ4n) is 4.04. The van der Waals surface area contributed by atoms with Crippen LogP contribution in [0.3, 0.4) is 0 Å². The summed E-state index contributed by atoms with van der Waals surface area (Å²) in [6.07, 6.45) is 15.0. The Hall–Kier alpha value is -0.590. The van der Waals surface area contributed by atoms with Gasteiger partial charge in [-0.3, -0.25) is 4.90 Å².